The third-order valence-electron chi connectivity index (χ3n) is 5.01. The zero-order valence-corrected chi connectivity index (χ0v) is 19.2. The molecule has 1 aromatic heterocycles. The number of nitrogens with one attached hydrogen (secondary N) is 1. The highest BCUT2D eigenvalue weighted by molar-refractivity contribution is 7.89. The summed E-state index contributed by atoms with van der Waals surface area (Å²) in [7, 11) is -2.23. The van der Waals surface area contributed by atoms with Crippen LogP contribution >= 0.6 is 0 Å². The number of benzene rings is 2. The van der Waals surface area contributed by atoms with Crippen LogP contribution in [0.2, 0.25) is 0 Å². The highest BCUT2D eigenvalue weighted by Gasteiger charge is 2.31. The summed E-state index contributed by atoms with van der Waals surface area (Å²) in [6.45, 7) is 5.13. The smallest absolute Gasteiger partial charge is 0.306 e. The van der Waals surface area contributed by atoms with Crippen LogP contribution in [0.1, 0.15) is 35.5 Å². The van der Waals surface area contributed by atoms with Crippen molar-refractivity contribution < 1.29 is 26.4 Å². The number of halogens is 3. The number of alkyl halides is 3. The summed E-state index contributed by atoms with van der Waals surface area (Å²) in [6, 6.07) is 11.3. The largest absolute Gasteiger partial charge is 0.416 e. The van der Waals surface area contributed by atoms with Gasteiger partial charge in [0, 0.05) is 24.7 Å². The second-order valence-corrected chi connectivity index (χ2v) is 9.72. The number of carbonyl (C=O) groups excluding carboxylic acids is 1. The van der Waals surface area contributed by atoms with E-state index in [1.165, 1.54) is 58.5 Å². The lowest BCUT2D eigenvalue weighted by molar-refractivity contribution is -0.137. The van der Waals surface area contributed by atoms with Crippen molar-refractivity contribution in [1.82, 2.24) is 14.1 Å². The second-order valence-electron chi connectivity index (χ2n) is 7.72. The molecule has 7 nitrogen and oxygen atoms in total. The standard InChI is InChI=1S/C22H23F3N4O3S/c1-14(2)28(4)33(31,32)19-10-8-16(9-11-19)21(30)26-20-12-15(3)27-29(20)18-7-5-6-17(13-18)22(23,24)25/h5-14H,1-4H3,(H,26,30). The SMILES string of the molecule is Cc1cc(NC(=O)c2ccc(S(=O)(=O)N(C)C(C)C)cc2)n(-c2cccc(C(F)(F)F)c2)n1. The number of nitrogens with zero attached hydrogens (tertiary/aromatic N) is 3. The van der Waals surface area contributed by atoms with Crippen LogP contribution < -0.4 is 5.32 Å². The number of hydrogen-bond acceptors (Lipinski definition) is 4. The Hall–Kier alpha value is -3.18. The number of carbonyl (C=O) groups is 1. The molecule has 0 unspecified atom stereocenters. The van der Waals surface area contributed by atoms with Crippen LogP contribution in [0.15, 0.2) is 59.5 Å². The van der Waals surface area contributed by atoms with Gasteiger partial charge in [0.05, 0.1) is 21.8 Å². The van der Waals surface area contributed by atoms with Crippen molar-refractivity contribution in [2.75, 3.05) is 12.4 Å². The molecule has 0 fully saturated rings. The molecule has 0 atom stereocenters. The lowest BCUT2D eigenvalue weighted by Gasteiger charge is -2.21. The van der Waals surface area contributed by atoms with Crippen molar-refractivity contribution in [3.63, 3.8) is 0 Å². The van der Waals surface area contributed by atoms with Crippen molar-refractivity contribution in [2.45, 2.75) is 37.9 Å². The Balaban J connectivity index is 1.87. The molecule has 0 saturated heterocycles. The molecule has 1 N–H and O–H groups in total. The van der Waals surface area contributed by atoms with Crippen molar-refractivity contribution >= 4 is 21.7 Å². The summed E-state index contributed by atoms with van der Waals surface area (Å²) in [4.78, 5) is 12.8. The van der Waals surface area contributed by atoms with Gasteiger partial charge in [-0.3, -0.25) is 4.79 Å². The first-order valence-corrected chi connectivity index (χ1v) is 11.4. The quantitative estimate of drug-likeness (QED) is 0.564. The topological polar surface area (TPSA) is 84.3 Å². The third kappa shape index (κ3) is 5.25. The van der Waals surface area contributed by atoms with Gasteiger partial charge in [-0.1, -0.05) is 6.07 Å². The van der Waals surface area contributed by atoms with Crippen molar-refractivity contribution in [1.29, 1.82) is 0 Å². The number of anilines is 1. The molecule has 0 saturated carbocycles. The maximum absolute atomic E-state index is 13.1. The molecule has 3 rings (SSSR count). The Labute approximate surface area is 189 Å². The van der Waals surface area contributed by atoms with E-state index in [1.807, 2.05) is 0 Å². The van der Waals surface area contributed by atoms with Crippen molar-refractivity contribution in [2.24, 2.45) is 0 Å². The zero-order chi connectivity index (χ0) is 24.6. The highest BCUT2D eigenvalue weighted by atomic mass is 32.2. The first-order valence-electron chi connectivity index (χ1n) is 9.94. The van der Waals surface area contributed by atoms with Gasteiger partial charge in [-0.15, -0.1) is 0 Å². The molecule has 1 heterocycles. The molecule has 1 amide bonds. The predicted octanol–water partition coefficient (Wildman–Crippen LogP) is 4.48. The Morgan fingerprint density at radius 1 is 1.09 bits per heavy atom. The van der Waals surface area contributed by atoms with E-state index in [4.69, 9.17) is 0 Å². The predicted molar refractivity (Wildman–Crippen MR) is 118 cm³/mol. The molecule has 33 heavy (non-hydrogen) atoms. The fourth-order valence-electron chi connectivity index (χ4n) is 3.01. The fraction of sp³-hybridized carbons (Fsp3) is 0.273. The van der Waals surface area contributed by atoms with E-state index in [0.717, 1.165) is 12.1 Å². The number of amides is 1. The molecular formula is C22H23F3N4O3S. The van der Waals surface area contributed by atoms with Crippen LogP contribution in [0, 0.1) is 6.92 Å². The number of aromatic nitrogens is 2. The molecule has 0 aliphatic rings. The third-order valence-corrected chi connectivity index (χ3v) is 7.06. The Kier molecular flexibility index (Phi) is 6.66. The monoisotopic (exact) mass is 480 g/mol. The molecule has 0 aliphatic carbocycles. The Morgan fingerprint density at radius 2 is 1.73 bits per heavy atom. The van der Waals surface area contributed by atoms with Gasteiger partial charge in [-0.2, -0.15) is 22.6 Å². The molecule has 0 aliphatic heterocycles. The van der Waals surface area contributed by atoms with E-state index in [2.05, 4.69) is 10.4 Å². The second kappa shape index (κ2) is 8.99. The van der Waals surface area contributed by atoms with E-state index in [0.29, 0.717) is 5.69 Å². The van der Waals surface area contributed by atoms with Crippen LogP contribution in [0.4, 0.5) is 19.0 Å². The average Bonchev–Trinajstić information content (AvgIpc) is 3.12. The summed E-state index contributed by atoms with van der Waals surface area (Å²) in [5.41, 5.74) is -0.0450. The van der Waals surface area contributed by atoms with Gasteiger partial charge < -0.3 is 5.32 Å². The van der Waals surface area contributed by atoms with Crippen LogP contribution in [-0.2, 0) is 16.2 Å². The van der Waals surface area contributed by atoms with E-state index in [9.17, 15) is 26.4 Å². The van der Waals surface area contributed by atoms with Crippen LogP contribution in [-0.4, -0.2) is 41.5 Å². The van der Waals surface area contributed by atoms with Gasteiger partial charge in [0.15, 0.2) is 0 Å². The maximum atomic E-state index is 13.1. The lowest BCUT2D eigenvalue weighted by atomic mass is 10.2. The minimum Gasteiger partial charge on any atom is -0.306 e. The summed E-state index contributed by atoms with van der Waals surface area (Å²) < 4.78 is 66.8. The fourth-order valence-corrected chi connectivity index (χ4v) is 4.38. The molecule has 3 aromatic rings. The van der Waals surface area contributed by atoms with Crippen molar-refractivity contribution in [3.8, 4) is 5.69 Å². The van der Waals surface area contributed by atoms with Crippen LogP contribution in [0.25, 0.3) is 5.69 Å². The van der Waals surface area contributed by atoms with Gasteiger partial charge >= 0.3 is 6.18 Å². The van der Waals surface area contributed by atoms with Gasteiger partial charge in [0.25, 0.3) is 5.91 Å². The van der Waals surface area contributed by atoms with E-state index < -0.39 is 27.7 Å². The van der Waals surface area contributed by atoms with E-state index in [1.54, 1.807) is 20.8 Å². The van der Waals surface area contributed by atoms with Gasteiger partial charge in [-0.25, -0.2) is 13.1 Å². The summed E-state index contributed by atoms with van der Waals surface area (Å²) in [5, 5.41) is 6.81. The summed E-state index contributed by atoms with van der Waals surface area (Å²) in [5.74, 6) is -0.391. The molecule has 0 bridgehead atoms. The molecule has 0 spiro atoms. The minimum atomic E-state index is -4.52. The lowest BCUT2D eigenvalue weighted by Crippen LogP contribution is -2.33. The van der Waals surface area contributed by atoms with E-state index in [-0.39, 0.29) is 28.0 Å². The van der Waals surface area contributed by atoms with E-state index >= 15 is 0 Å². The van der Waals surface area contributed by atoms with Crippen LogP contribution in [0.5, 0.6) is 0 Å². The summed E-state index contributed by atoms with van der Waals surface area (Å²) >= 11 is 0. The minimum absolute atomic E-state index is 0.0418. The molecule has 176 valence electrons. The van der Waals surface area contributed by atoms with Gasteiger partial charge in [0.2, 0.25) is 10.0 Å². The first kappa shape index (κ1) is 24.5. The molecule has 0 radical (unpaired) electrons. The van der Waals surface area contributed by atoms with Crippen molar-refractivity contribution in [3.05, 3.63) is 71.4 Å². The van der Waals surface area contributed by atoms with Gasteiger partial charge in [0.1, 0.15) is 5.82 Å². The van der Waals surface area contributed by atoms with Gasteiger partial charge in [-0.05, 0) is 63.2 Å². The molecule has 11 heteroatoms. The normalized spacial score (nSPS) is 12.4. The highest BCUT2D eigenvalue weighted by Crippen LogP contribution is 2.31. The first-order chi connectivity index (χ1) is 15.3. The number of rotatable bonds is 6. The Morgan fingerprint density at radius 3 is 2.30 bits per heavy atom. The Bertz CT molecular complexity index is 1270. The average molecular weight is 481 g/mol. The maximum Gasteiger partial charge on any atom is 0.416 e. The number of aryl methyl sites for hydroxylation is 1. The van der Waals surface area contributed by atoms with Crippen LogP contribution in [0.3, 0.4) is 0 Å². The summed E-state index contributed by atoms with van der Waals surface area (Å²) in [6.07, 6.45) is -4.52. The molecule has 2 aromatic carbocycles. The zero-order valence-electron chi connectivity index (χ0n) is 18.4. The molecular weight excluding hydrogens is 457 g/mol. The number of sulfonamides is 1. The number of hydrogen-bond donors (Lipinski definition) is 1.